The van der Waals surface area contributed by atoms with Crippen molar-refractivity contribution in [1.82, 2.24) is 4.98 Å². The van der Waals surface area contributed by atoms with Crippen LogP contribution in [0.5, 0.6) is 0 Å². The fraction of sp³-hybridized carbons (Fsp3) is 0.444. The Hall–Kier alpha value is -0.600. The molecule has 3 heteroatoms. The van der Waals surface area contributed by atoms with Gasteiger partial charge in [0, 0.05) is 11.2 Å². The minimum absolute atomic E-state index is 0.190. The predicted molar refractivity (Wildman–Crippen MR) is 49.0 cm³/mol. The summed E-state index contributed by atoms with van der Waals surface area (Å²) >= 11 is 5.84. The summed E-state index contributed by atoms with van der Waals surface area (Å²) in [6.07, 6.45) is 4.97. The fourth-order valence-electron chi connectivity index (χ4n) is 1.49. The number of aromatic nitrogens is 1. The zero-order valence-corrected chi connectivity index (χ0v) is 7.51. The molecule has 2 nitrogen and oxygen atoms in total. The lowest BCUT2D eigenvalue weighted by Crippen LogP contribution is -2.43. The summed E-state index contributed by atoms with van der Waals surface area (Å²) in [5, 5.41) is 0.719. The largest absolute Gasteiger partial charge is 0.320 e. The second-order valence-electron chi connectivity index (χ2n) is 3.37. The van der Waals surface area contributed by atoms with Crippen LogP contribution in [0.25, 0.3) is 0 Å². The number of hydrogen-bond acceptors (Lipinski definition) is 2. The standard InChI is InChI=1S/C9H11ClN2/c10-7-2-5-12-8(6-7)9(11)3-1-4-9/h2,5-6H,1,3-4,11H2. The smallest absolute Gasteiger partial charge is 0.0617 e. The lowest BCUT2D eigenvalue weighted by Gasteiger charge is -2.37. The highest BCUT2D eigenvalue weighted by molar-refractivity contribution is 6.30. The van der Waals surface area contributed by atoms with E-state index in [0.717, 1.165) is 23.6 Å². The summed E-state index contributed by atoms with van der Waals surface area (Å²) in [6.45, 7) is 0. The highest BCUT2D eigenvalue weighted by atomic mass is 35.5. The number of rotatable bonds is 1. The summed E-state index contributed by atoms with van der Waals surface area (Å²) in [7, 11) is 0. The van der Waals surface area contributed by atoms with Gasteiger partial charge in [0.1, 0.15) is 0 Å². The maximum Gasteiger partial charge on any atom is 0.0617 e. The minimum atomic E-state index is -0.190. The van der Waals surface area contributed by atoms with Crippen molar-refractivity contribution in [2.24, 2.45) is 5.73 Å². The van der Waals surface area contributed by atoms with E-state index >= 15 is 0 Å². The van der Waals surface area contributed by atoms with E-state index < -0.39 is 0 Å². The van der Waals surface area contributed by atoms with E-state index in [0.29, 0.717) is 0 Å². The van der Waals surface area contributed by atoms with Gasteiger partial charge >= 0.3 is 0 Å². The Morgan fingerprint density at radius 1 is 1.50 bits per heavy atom. The predicted octanol–water partition coefficient (Wildman–Crippen LogP) is 2.07. The first-order valence-electron chi connectivity index (χ1n) is 4.12. The van der Waals surface area contributed by atoms with Crippen LogP contribution in [0.15, 0.2) is 18.3 Å². The normalized spacial score (nSPS) is 20.2. The third-order valence-corrected chi connectivity index (χ3v) is 2.71. The fourth-order valence-corrected chi connectivity index (χ4v) is 1.65. The first-order chi connectivity index (χ1) is 5.71. The topological polar surface area (TPSA) is 38.9 Å². The summed E-state index contributed by atoms with van der Waals surface area (Å²) < 4.78 is 0. The highest BCUT2D eigenvalue weighted by Gasteiger charge is 2.35. The second kappa shape index (κ2) is 2.71. The van der Waals surface area contributed by atoms with Crippen LogP contribution < -0.4 is 5.73 Å². The average Bonchev–Trinajstić information content (AvgIpc) is 2.00. The van der Waals surface area contributed by atoms with Crippen molar-refractivity contribution in [1.29, 1.82) is 0 Å². The van der Waals surface area contributed by atoms with Crippen molar-refractivity contribution in [2.45, 2.75) is 24.8 Å². The number of hydrogen-bond donors (Lipinski definition) is 1. The first-order valence-corrected chi connectivity index (χ1v) is 4.49. The molecule has 0 aromatic carbocycles. The molecule has 0 atom stereocenters. The van der Waals surface area contributed by atoms with Crippen LogP contribution in [0.4, 0.5) is 0 Å². The molecule has 0 unspecified atom stereocenters. The van der Waals surface area contributed by atoms with Crippen LogP contribution >= 0.6 is 11.6 Å². The van der Waals surface area contributed by atoms with E-state index in [2.05, 4.69) is 4.98 Å². The van der Waals surface area contributed by atoms with Gasteiger partial charge < -0.3 is 5.73 Å². The summed E-state index contributed by atoms with van der Waals surface area (Å²) in [4.78, 5) is 4.22. The van der Waals surface area contributed by atoms with Gasteiger partial charge in [-0.3, -0.25) is 4.98 Å². The maximum atomic E-state index is 6.07. The average molecular weight is 183 g/mol. The number of nitrogens with zero attached hydrogens (tertiary/aromatic N) is 1. The van der Waals surface area contributed by atoms with Crippen LogP contribution in [0, 0.1) is 0 Å². The molecule has 1 heterocycles. The van der Waals surface area contributed by atoms with E-state index in [9.17, 15) is 0 Å². The summed E-state index contributed by atoms with van der Waals surface area (Å²) in [5.74, 6) is 0. The van der Waals surface area contributed by atoms with Crippen LogP contribution in [-0.4, -0.2) is 4.98 Å². The molecule has 2 N–H and O–H groups in total. The highest BCUT2D eigenvalue weighted by Crippen LogP contribution is 2.37. The molecule has 1 aromatic rings. The number of halogens is 1. The lowest BCUT2D eigenvalue weighted by atomic mass is 9.75. The maximum absolute atomic E-state index is 6.07. The molecule has 0 saturated heterocycles. The Bertz CT molecular complexity index is 294. The monoisotopic (exact) mass is 182 g/mol. The molecule has 0 amide bonds. The molecular formula is C9H11ClN2. The Labute approximate surface area is 76.7 Å². The molecule has 1 saturated carbocycles. The Morgan fingerprint density at radius 2 is 2.25 bits per heavy atom. The van der Waals surface area contributed by atoms with Gasteiger partial charge in [0.2, 0.25) is 0 Å². The van der Waals surface area contributed by atoms with Crippen LogP contribution in [-0.2, 0) is 5.54 Å². The molecule has 1 aliphatic carbocycles. The molecule has 64 valence electrons. The zero-order chi connectivity index (χ0) is 8.60. The summed E-state index contributed by atoms with van der Waals surface area (Å²) in [6, 6.07) is 3.63. The van der Waals surface area contributed by atoms with Gasteiger partial charge in [-0.1, -0.05) is 11.6 Å². The van der Waals surface area contributed by atoms with Crippen LogP contribution in [0.1, 0.15) is 25.0 Å². The number of pyridine rings is 1. The molecule has 2 rings (SSSR count). The third-order valence-electron chi connectivity index (χ3n) is 2.48. The van der Waals surface area contributed by atoms with E-state index in [1.54, 1.807) is 12.3 Å². The van der Waals surface area contributed by atoms with Crippen LogP contribution in [0.3, 0.4) is 0 Å². The molecule has 0 spiro atoms. The van der Waals surface area contributed by atoms with Gasteiger partial charge in [0.05, 0.1) is 11.2 Å². The van der Waals surface area contributed by atoms with Gasteiger partial charge in [-0.05, 0) is 31.4 Å². The number of nitrogens with two attached hydrogens (primary N) is 1. The van der Waals surface area contributed by atoms with Gasteiger partial charge in [0.15, 0.2) is 0 Å². The van der Waals surface area contributed by atoms with E-state index in [4.69, 9.17) is 17.3 Å². The molecule has 1 aromatic heterocycles. The Kier molecular flexibility index (Phi) is 1.81. The third kappa shape index (κ3) is 1.21. The Balaban J connectivity index is 2.33. The molecular weight excluding hydrogens is 172 g/mol. The lowest BCUT2D eigenvalue weighted by molar-refractivity contribution is 0.246. The molecule has 0 bridgehead atoms. The zero-order valence-electron chi connectivity index (χ0n) is 6.76. The molecule has 0 radical (unpaired) electrons. The van der Waals surface area contributed by atoms with Crippen molar-refractivity contribution < 1.29 is 0 Å². The Morgan fingerprint density at radius 3 is 2.75 bits per heavy atom. The molecule has 1 fully saturated rings. The van der Waals surface area contributed by atoms with Gasteiger partial charge in [-0.2, -0.15) is 0 Å². The SMILES string of the molecule is NC1(c2cc(Cl)ccn2)CCC1. The van der Waals surface area contributed by atoms with E-state index in [-0.39, 0.29) is 5.54 Å². The van der Waals surface area contributed by atoms with Gasteiger partial charge in [-0.15, -0.1) is 0 Å². The van der Waals surface area contributed by atoms with Gasteiger partial charge in [-0.25, -0.2) is 0 Å². The minimum Gasteiger partial charge on any atom is -0.320 e. The summed E-state index contributed by atoms with van der Waals surface area (Å²) in [5.41, 5.74) is 6.81. The van der Waals surface area contributed by atoms with E-state index in [1.165, 1.54) is 6.42 Å². The van der Waals surface area contributed by atoms with Crippen LogP contribution in [0.2, 0.25) is 5.02 Å². The van der Waals surface area contributed by atoms with Crippen molar-refractivity contribution in [2.75, 3.05) is 0 Å². The molecule has 0 aliphatic heterocycles. The van der Waals surface area contributed by atoms with Crippen molar-refractivity contribution in [3.63, 3.8) is 0 Å². The second-order valence-corrected chi connectivity index (χ2v) is 3.81. The quantitative estimate of drug-likeness (QED) is 0.722. The molecule has 12 heavy (non-hydrogen) atoms. The van der Waals surface area contributed by atoms with Crippen molar-refractivity contribution in [3.05, 3.63) is 29.0 Å². The van der Waals surface area contributed by atoms with E-state index in [1.807, 2.05) is 6.07 Å². The van der Waals surface area contributed by atoms with Gasteiger partial charge in [0.25, 0.3) is 0 Å². The van der Waals surface area contributed by atoms with Crippen molar-refractivity contribution >= 4 is 11.6 Å². The molecule has 1 aliphatic rings. The first kappa shape index (κ1) is 8.02. The van der Waals surface area contributed by atoms with Crippen molar-refractivity contribution in [3.8, 4) is 0 Å².